The number of primary amides is 1. The highest BCUT2D eigenvalue weighted by molar-refractivity contribution is 7.78. The third kappa shape index (κ3) is 3.90. The summed E-state index contributed by atoms with van der Waals surface area (Å²) in [7, 11) is 0. The largest absolute Gasteiger partial charge is 0.351 e. The van der Waals surface area contributed by atoms with Gasteiger partial charge in [-0.15, -0.1) is 0 Å². The van der Waals surface area contributed by atoms with E-state index in [0.29, 0.717) is 6.54 Å². The standard InChI is InChI=1S/C5H10N2OS/c1-4(2)3-7(9)5(6)8/h9H,1,3H2,2H3,(H2,6,8). The van der Waals surface area contributed by atoms with Gasteiger partial charge in [-0.2, -0.15) is 0 Å². The molecule has 2 N–H and O–H groups in total. The van der Waals surface area contributed by atoms with Crippen LogP contribution in [0.25, 0.3) is 0 Å². The molecule has 0 radical (unpaired) electrons. The summed E-state index contributed by atoms with van der Waals surface area (Å²) in [5.74, 6) is 0. The lowest BCUT2D eigenvalue weighted by molar-refractivity contribution is 0.237. The van der Waals surface area contributed by atoms with Crippen LogP contribution in [0.3, 0.4) is 0 Å². The summed E-state index contributed by atoms with van der Waals surface area (Å²) in [6, 6.07) is -0.554. The van der Waals surface area contributed by atoms with Crippen molar-refractivity contribution in [3.63, 3.8) is 0 Å². The quantitative estimate of drug-likeness (QED) is 0.439. The first kappa shape index (κ1) is 8.36. The van der Waals surface area contributed by atoms with E-state index in [1.165, 1.54) is 0 Å². The molecule has 0 fully saturated rings. The van der Waals surface area contributed by atoms with Crippen molar-refractivity contribution in [2.45, 2.75) is 6.92 Å². The lowest BCUT2D eigenvalue weighted by atomic mass is 10.3. The third-order valence-electron chi connectivity index (χ3n) is 0.674. The van der Waals surface area contributed by atoms with Crippen LogP contribution < -0.4 is 5.73 Å². The molecular formula is C5H10N2OS. The molecule has 0 atom stereocenters. The van der Waals surface area contributed by atoms with Gasteiger partial charge in [-0.25, -0.2) is 4.79 Å². The first-order valence-corrected chi connectivity index (χ1v) is 2.84. The van der Waals surface area contributed by atoms with Gasteiger partial charge in [0.15, 0.2) is 0 Å². The van der Waals surface area contributed by atoms with Crippen LogP contribution in [0, 0.1) is 0 Å². The average molecular weight is 146 g/mol. The zero-order valence-corrected chi connectivity index (χ0v) is 6.19. The van der Waals surface area contributed by atoms with Gasteiger partial charge < -0.3 is 5.73 Å². The van der Waals surface area contributed by atoms with Crippen molar-refractivity contribution in [3.8, 4) is 0 Å². The lowest BCUT2D eigenvalue weighted by Crippen LogP contribution is -2.28. The molecule has 0 rings (SSSR count). The van der Waals surface area contributed by atoms with E-state index in [0.717, 1.165) is 9.88 Å². The highest BCUT2D eigenvalue weighted by Crippen LogP contribution is 1.96. The molecule has 0 bridgehead atoms. The van der Waals surface area contributed by atoms with Gasteiger partial charge in [0.1, 0.15) is 0 Å². The summed E-state index contributed by atoms with van der Waals surface area (Å²) in [4.78, 5) is 10.3. The highest BCUT2D eigenvalue weighted by Gasteiger charge is 2.01. The van der Waals surface area contributed by atoms with Crippen molar-refractivity contribution in [3.05, 3.63) is 12.2 Å². The number of thiol groups is 1. The number of rotatable bonds is 2. The molecular weight excluding hydrogens is 136 g/mol. The Morgan fingerprint density at radius 2 is 2.33 bits per heavy atom. The maximum Gasteiger partial charge on any atom is 0.324 e. The van der Waals surface area contributed by atoms with Gasteiger partial charge in [0.05, 0.1) is 6.54 Å². The minimum atomic E-state index is -0.554. The Labute approximate surface area is 60.1 Å². The van der Waals surface area contributed by atoms with E-state index in [1.807, 2.05) is 0 Å². The fourth-order valence-electron chi connectivity index (χ4n) is 0.334. The zero-order chi connectivity index (χ0) is 7.44. The Kier molecular flexibility index (Phi) is 3.16. The molecule has 0 spiro atoms. The number of carbonyl (C=O) groups is 1. The van der Waals surface area contributed by atoms with Crippen LogP contribution in [0.4, 0.5) is 4.79 Å². The van der Waals surface area contributed by atoms with Crippen LogP contribution in [0.2, 0.25) is 0 Å². The molecule has 0 unspecified atom stereocenters. The summed E-state index contributed by atoms with van der Waals surface area (Å²) >= 11 is 3.76. The maximum atomic E-state index is 10.3. The number of urea groups is 1. The number of hydrogen-bond acceptors (Lipinski definition) is 2. The topological polar surface area (TPSA) is 46.3 Å². The van der Waals surface area contributed by atoms with Crippen molar-refractivity contribution in [2.75, 3.05) is 6.54 Å². The first-order valence-electron chi connectivity index (χ1n) is 2.44. The molecule has 0 saturated carbocycles. The molecule has 0 aromatic rings. The van der Waals surface area contributed by atoms with E-state index >= 15 is 0 Å². The van der Waals surface area contributed by atoms with Crippen LogP contribution in [0.1, 0.15) is 6.92 Å². The molecule has 9 heavy (non-hydrogen) atoms. The molecule has 0 saturated heterocycles. The van der Waals surface area contributed by atoms with E-state index in [2.05, 4.69) is 19.4 Å². The second kappa shape index (κ2) is 3.40. The van der Waals surface area contributed by atoms with Gasteiger partial charge in [-0.1, -0.05) is 25.0 Å². The highest BCUT2D eigenvalue weighted by atomic mass is 32.1. The fourth-order valence-corrected chi connectivity index (χ4v) is 0.575. The smallest absolute Gasteiger partial charge is 0.324 e. The molecule has 0 aliphatic rings. The molecule has 3 nitrogen and oxygen atoms in total. The maximum absolute atomic E-state index is 10.3. The SMILES string of the molecule is C=C(C)CN(S)C(N)=O. The van der Waals surface area contributed by atoms with Crippen LogP contribution in [0.5, 0.6) is 0 Å². The molecule has 0 aromatic carbocycles. The monoisotopic (exact) mass is 146 g/mol. The van der Waals surface area contributed by atoms with E-state index in [1.54, 1.807) is 6.92 Å². The second-order valence-electron chi connectivity index (χ2n) is 1.85. The Bertz CT molecular complexity index is 135. The molecule has 0 aromatic heterocycles. The summed E-state index contributed by atoms with van der Waals surface area (Å²) in [5.41, 5.74) is 5.70. The Morgan fingerprint density at radius 3 is 2.44 bits per heavy atom. The van der Waals surface area contributed by atoms with E-state index in [9.17, 15) is 4.79 Å². The summed E-state index contributed by atoms with van der Waals surface area (Å²) in [5, 5.41) is 0. The summed E-state index contributed by atoms with van der Waals surface area (Å²) in [6.45, 7) is 5.78. The predicted molar refractivity (Wildman–Crippen MR) is 40.1 cm³/mol. The van der Waals surface area contributed by atoms with Crippen molar-refractivity contribution in [2.24, 2.45) is 5.73 Å². The summed E-state index contributed by atoms with van der Waals surface area (Å²) in [6.07, 6.45) is 0. The fraction of sp³-hybridized carbons (Fsp3) is 0.400. The van der Waals surface area contributed by atoms with Crippen LogP contribution in [-0.4, -0.2) is 16.9 Å². The van der Waals surface area contributed by atoms with Crippen molar-refractivity contribution < 1.29 is 4.79 Å². The van der Waals surface area contributed by atoms with Crippen molar-refractivity contribution in [1.82, 2.24) is 4.31 Å². The molecule has 52 valence electrons. The number of nitrogens with zero attached hydrogens (tertiary/aromatic N) is 1. The average Bonchev–Trinajstić information content (AvgIpc) is 1.63. The van der Waals surface area contributed by atoms with Gasteiger partial charge in [0, 0.05) is 0 Å². The van der Waals surface area contributed by atoms with Crippen LogP contribution in [0.15, 0.2) is 12.2 Å². The first-order chi connectivity index (χ1) is 4.04. The molecule has 0 heterocycles. The Balaban J connectivity index is 3.63. The van der Waals surface area contributed by atoms with Crippen LogP contribution in [-0.2, 0) is 0 Å². The number of amides is 2. The van der Waals surface area contributed by atoms with E-state index in [-0.39, 0.29) is 0 Å². The number of carbonyl (C=O) groups excluding carboxylic acids is 1. The Hall–Kier alpha value is -0.640. The lowest BCUT2D eigenvalue weighted by Gasteiger charge is -2.10. The van der Waals surface area contributed by atoms with Gasteiger partial charge in [0.2, 0.25) is 0 Å². The number of nitrogens with two attached hydrogens (primary N) is 1. The van der Waals surface area contributed by atoms with Crippen molar-refractivity contribution >= 4 is 18.8 Å². The van der Waals surface area contributed by atoms with Gasteiger partial charge in [-0.3, -0.25) is 4.31 Å². The summed E-state index contributed by atoms with van der Waals surface area (Å²) < 4.78 is 1.10. The van der Waals surface area contributed by atoms with E-state index in [4.69, 9.17) is 5.73 Å². The van der Waals surface area contributed by atoms with E-state index < -0.39 is 6.03 Å². The van der Waals surface area contributed by atoms with Gasteiger partial charge >= 0.3 is 6.03 Å². The molecule has 2 amide bonds. The normalized spacial score (nSPS) is 8.67. The molecule has 4 heteroatoms. The minimum Gasteiger partial charge on any atom is -0.351 e. The molecule has 0 aliphatic carbocycles. The third-order valence-corrected chi connectivity index (χ3v) is 1.01. The van der Waals surface area contributed by atoms with Crippen molar-refractivity contribution in [1.29, 1.82) is 0 Å². The molecule has 0 aliphatic heterocycles. The second-order valence-corrected chi connectivity index (χ2v) is 2.34. The minimum absolute atomic E-state index is 0.401. The predicted octanol–water partition coefficient (Wildman–Crippen LogP) is 0.788. The number of hydrogen-bond donors (Lipinski definition) is 2. The van der Waals surface area contributed by atoms with Crippen LogP contribution >= 0.6 is 12.8 Å². The van der Waals surface area contributed by atoms with Gasteiger partial charge in [0.25, 0.3) is 0 Å². The van der Waals surface area contributed by atoms with Gasteiger partial charge in [-0.05, 0) is 6.92 Å². The zero-order valence-electron chi connectivity index (χ0n) is 5.29. The Morgan fingerprint density at radius 1 is 1.89 bits per heavy atom.